The van der Waals surface area contributed by atoms with Crippen molar-refractivity contribution >= 4 is 10.9 Å². The van der Waals surface area contributed by atoms with Gasteiger partial charge in [-0.2, -0.15) is 0 Å². The van der Waals surface area contributed by atoms with E-state index >= 15 is 0 Å². The molecule has 1 atom stereocenters. The number of hydrogen-bond acceptors (Lipinski definition) is 2. The van der Waals surface area contributed by atoms with Crippen molar-refractivity contribution in [2.24, 2.45) is 0 Å². The number of benzene rings is 1. The molecule has 0 fully saturated rings. The molecule has 0 amide bonds. The Hall–Kier alpha value is -1.77. The van der Waals surface area contributed by atoms with Gasteiger partial charge in [-0.05, 0) is 44.9 Å². The predicted octanol–water partition coefficient (Wildman–Crippen LogP) is 2.88. The Bertz CT molecular complexity index is 713. The highest BCUT2D eigenvalue weighted by Crippen LogP contribution is 2.35. The van der Waals surface area contributed by atoms with Crippen molar-refractivity contribution in [2.45, 2.75) is 33.7 Å². The van der Waals surface area contributed by atoms with E-state index in [2.05, 4.69) is 18.4 Å². The highest BCUT2D eigenvalue weighted by atomic mass is 16.5. The Morgan fingerprint density at radius 3 is 2.72 bits per heavy atom. The standard InChI is InChI=1S/C15H17NO2/c1-8-5-12-13-15(11(8)4)18-7-10(3)16(13)6-9(2)14(12)17/h5-6,10H,7H2,1-4H3/t10-/m0/s1. The van der Waals surface area contributed by atoms with Crippen LogP contribution < -0.4 is 10.2 Å². The third-order valence-corrected chi connectivity index (χ3v) is 3.90. The van der Waals surface area contributed by atoms with Crippen molar-refractivity contribution in [1.29, 1.82) is 0 Å². The Kier molecular flexibility index (Phi) is 2.27. The fraction of sp³-hybridized carbons (Fsp3) is 0.400. The summed E-state index contributed by atoms with van der Waals surface area (Å²) in [6, 6.07) is 2.25. The van der Waals surface area contributed by atoms with Crippen LogP contribution in [0.1, 0.15) is 29.7 Å². The van der Waals surface area contributed by atoms with Crippen molar-refractivity contribution in [3.8, 4) is 5.75 Å². The van der Waals surface area contributed by atoms with E-state index in [4.69, 9.17) is 4.74 Å². The quantitative estimate of drug-likeness (QED) is 0.712. The van der Waals surface area contributed by atoms with Crippen molar-refractivity contribution in [3.63, 3.8) is 0 Å². The van der Waals surface area contributed by atoms with Crippen LogP contribution in [0, 0.1) is 20.8 Å². The van der Waals surface area contributed by atoms with E-state index in [1.807, 2.05) is 26.1 Å². The normalized spacial score (nSPS) is 17.9. The van der Waals surface area contributed by atoms with Crippen LogP contribution in [-0.2, 0) is 0 Å². The molecule has 0 unspecified atom stereocenters. The molecular formula is C15H17NO2. The van der Waals surface area contributed by atoms with Gasteiger partial charge < -0.3 is 9.30 Å². The first-order chi connectivity index (χ1) is 8.50. The summed E-state index contributed by atoms with van der Waals surface area (Å²) in [7, 11) is 0. The van der Waals surface area contributed by atoms with E-state index in [1.165, 1.54) is 0 Å². The maximum Gasteiger partial charge on any atom is 0.192 e. The van der Waals surface area contributed by atoms with Gasteiger partial charge in [0, 0.05) is 11.8 Å². The first-order valence-electron chi connectivity index (χ1n) is 6.29. The van der Waals surface area contributed by atoms with Crippen LogP contribution in [0.5, 0.6) is 5.75 Å². The molecular weight excluding hydrogens is 226 g/mol. The topological polar surface area (TPSA) is 31.2 Å². The van der Waals surface area contributed by atoms with Crippen LogP contribution in [0.15, 0.2) is 17.1 Å². The van der Waals surface area contributed by atoms with Crippen molar-refractivity contribution in [1.82, 2.24) is 4.57 Å². The minimum atomic E-state index is 0.114. The van der Waals surface area contributed by atoms with Gasteiger partial charge in [-0.15, -0.1) is 0 Å². The maximum absolute atomic E-state index is 12.3. The molecule has 0 aliphatic carbocycles. The molecule has 94 valence electrons. The summed E-state index contributed by atoms with van der Waals surface area (Å²) in [5.74, 6) is 0.875. The Balaban J connectivity index is 2.60. The lowest BCUT2D eigenvalue weighted by molar-refractivity contribution is 0.245. The highest BCUT2D eigenvalue weighted by molar-refractivity contribution is 5.88. The first kappa shape index (κ1) is 11.3. The summed E-state index contributed by atoms with van der Waals surface area (Å²) in [5, 5.41) is 0.777. The highest BCUT2D eigenvalue weighted by Gasteiger charge is 2.22. The van der Waals surface area contributed by atoms with E-state index in [0.717, 1.165) is 33.3 Å². The average Bonchev–Trinajstić information content (AvgIpc) is 2.34. The molecule has 3 nitrogen and oxygen atoms in total. The van der Waals surface area contributed by atoms with Gasteiger partial charge in [0.1, 0.15) is 12.4 Å². The molecule has 18 heavy (non-hydrogen) atoms. The van der Waals surface area contributed by atoms with Crippen LogP contribution >= 0.6 is 0 Å². The molecule has 0 radical (unpaired) electrons. The number of pyridine rings is 1. The summed E-state index contributed by atoms with van der Waals surface area (Å²) in [6.07, 6.45) is 1.95. The number of nitrogens with zero attached hydrogens (tertiary/aromatic N) is 1. The van der Waals surface area contributed by atoms with E-state index in [0.29, 0.717) is 6.61 Å². The number of aromatic nitrogens is 1. The van der Waals surface area contributed by atoms with E-state index < -0.39 is 0 Å². The lowest BCUT2D eigenvalue weighted by Gasteiger charge is -2.28. The third-order valence-electron chi connectivity index (χ3n) is 3.90. The molecule has 1 aliphatic heterocycles. The Morgan fingerprint density at radius 1 is 1.28 bits per heavy atom. The zero-order valence-electron chi connectivity index (χ0n) is 11.2. The van der Waals surface area contributed by atoms with Gasteiger partial charge in [0.2, 0.25) is 0 Å². The van der Waals surface area contributed by atoms with Crippen LogP contribution in [0.2, 0.25) is 0 Å². The van der Waals surface area contributed by atoms with Crippen LogP contribution in [0.25, 0.3) is 10.9 Å². The number of rotatable bonds is 0. The Labute approximate surface area is 106 Å². The second kappa shape index (κ2) is 3.61. The molecule has 2 aromatic rings. The number of ether oxygens (including phenoxy) is 1. The first-order valence-corrected chi connectivity index (χ1v) is 6.29. The van der Waals surface area contributed by atoms with Gasteiger partial charge in [-0.1, -0.05) is 0 Å². The minimum Gasteiger partial charge on any atom is -0.489 e. The predicted molar refractivity (Wildman–Crippen MR) is 72.6 cm³/mol. The van der Waals surface area contributed by atoms with E-state index in [9.17, 15) is 4.79 Å². The summed E-state index contributed by atoms with van der Waals surface area (Å²) in [4.78, 5) is 12.3. The van der Waals surface area contributed by atoms with Gasteiger partial charge >= 0.3 is 0 Å². The molecule has 3 heteroatoms. The lowest BCUT2D eigenvalue weighted by atomic mass is 10.0. The van der Waals surface area contributed by atoms with E-state index in [1.54, 1.807) is 0 Å². The second-order valence-corrected chi connectivity index (χ2v) is 5.25. The molecule has 1 aromatic heterocycles. The smallest absolute Gasteiger partial charge is 0.192 e. The van der Waals surface area contributed by atoms with Crippen molar-refractivity contribution < 1.29 is 4.74 Å². The summed E-state index contributed by atoms with van der Waals surface area (Å²) in [5.41, 5.74) is 4.11. The SMILES string of the molecule is Cc1cc2c(=O)c(C)cn3c2c(c1C)OC[C@@H]3C. The van der Waals surface area contributed by atoms with Gasteiger partial charge in [-0.3, -0.25) is 4.79 Å². The zero-order chi connectivity index (χ0) is 13.0. The zero-order valence-corrected chi connectivity index (χ0v) is 11.2. The summed E-state index contributed by atoms with van der Waals surface area (Å²) >= 11 is 0. The van der Waals surface area contributed by atoms with Crippen LogP contribution in [0.4, 0.5) is 0 Å². The van der Waals surface area contributed by atoms with Crippen molar-refractivity contribution in [2.75, 3.05) is 6.61 Å². The van der Waals surface area contributed by atoms with E-state index in [-0.39, 0.29) is 11.5 Å². The average molecular weight is 243 g/mol. The molecule has 0 saturated carbocycles. The largest absolute Gasteiger partial charge is 0.489 e. The number of aryl methyl sites for hydroxylation is 2. The molecule has 1 aliphatic rings. The van der Waals surface area contributed by atoms with Gasteiger partial charge in [0.25, 0.3) is 0 Å². The van der Waals surface area contributed by atoms with Gasteiger partial charge in [0.05, 0.1) is 16.9 Å². The van der Waals surface area contributed by atoms with Crippen LogP contribution in [0.3, 0.4) is 0 Å². The molecule has 0 saturated heterocycles. The van der Waals surface area contributed by atoms with Gasteiger partial charge in [0.15, 0.2) is 5.43 Å². The molecule has 0 bridgehead atoms. The molecule has 3 rings (SSSR count). The lowest BCUT2D eigenvalue weighted by Crippen LogP contribution is -2.24. The molecule has 0 N–H and O–H groups in total. The molecule has 1 aromatic carbocycles. The maximum atomic E-state index is 12.3. The monoisotopic (exact) mass is 243 g/mol. The Morgan fingerprint density at radius 2 is 2.00 bits per heavy atom. The minimum absolute atomic E-state index is 0.114. The van der Waals surface area contributed by atoms with Crippen molar-refractivity contribution in [3.05, 3.63) is 39.2 Å². The fourth-order valence-electron chi connectivity index (χ4n) is 2.65. The summed E-state index contributed by atoms with van der Waals surface area (Å²) < 4.78 is 8.03. The second-order valence-electron chi connectivity index (χ2n) is 5.25. The molecule has 0 spiro atoms. The van der Waals surface area contributed by atoms with Gasteiger partial charge in [-0.25, -0.2) is 0 Å². The third kappa shape index (κ3) is 1.33. The van der Waals surface area contributed by atoms with Crippen LogP contribution in [-0.4, -0.2) is 11.2 Å². The summed E-state index contributed by atoms with van der Waals surface area (Å²) in [6.45, 7) is 8.73. The number of hydrogen-bond donors (Lipinski definition) is 0. The fourth-order valence-corrected chi connectivity index (χ4v) is 2.65. The molecule has 2 heterocycles.